The first kappa shape index (κ1) is 12.2. The first-order valence-corrected chi connectivity index (χ1v) is 4.17. The van der Waals surface area contributed by atoms with Crippen LogP contribution in [0.2, 0.25) is 0 Å². The van der Waals surface area contributed by atoms with Crippen LogP contribution in [-0.4, -0.2) is 14.2 Å². The van der Waals surface area contributed by atoms with Gasteiger partial charge >= 0.3 is 6.18 Å². The largest absolute Gasteiger partial charge is 0.495 e. The maximum Gasteiger partial charge on any atom is 0.416 e. The maximum atomic E-state index is 12.5. The van der Waals surface area contributed by atoms with Crippen molar-refractivity contribution in [2.75, 3.05) is 14.2 Å². The van der Waals surface area contributed by atoms with Crippen LogP contribution in [0.1, 0.15) is 11.1 Å². The van der Waals surface area contributed by atoms with Crippen molar-refractivity contribution in [2.45, 2.75) is 6.18 Å². The van der Waals surface area contributed by atoms with E-state index >= 15 is 0 Å². The summed E-state index contributed by atoms with van der Waals surface area (Å²) in [4.78, 5) is 0. The molecule has 0 bridgehead atoms. The molecule has 0 aliphatic rings. The van der Waals surface area contributed by atoms with E-state index in [4.69, 9.17) is 14.7 Å². The Balaban J connectivity index is 3.45. The van der Waals surface area contributed by atoms with Gasteiger partial charge in [-0.3, -0.25) is 0 Å². The molecule has 0 radical (unpaired) electrons. The minimum absolute atomic E-state index is 0.0574. The Kier molecular flexibility index (Phi) is 3.28. The van der Waals surface area contributed by atoms with Gasteiger partial charge in [-0.15, -0.1) is 0 Å². The standard InChI is InChI=1S/C10H8F3NO2/c1-15-8-3-6(10(11,12)13)4-9(16-2)7(8)5-14/h3-4H,1-2H3. The van der Waals surface area contributed by atoms with E-state index in [1.807, 2.05) is 0 Å². The summed E-state index contributed by atoms with van der Waals surface area (Å²) >= 11 is 0. The number of ether oxygens (including phenoxy) is 2. The molecule has 1 aromatic rings. The van der Waals surface area contributed by atoms with Gasteiger partial charge in [0.05, 0.1) is 19.8 Å². The molecule has 0 unspecified atom stereocenters. The molecule has 1 rings (SSSR count). The minimum atomic E-state index is -4.51. The molecule has 0 aliphatic carbocycles. The van der Waals surface area contributed by atoms with Crippen LogP contribution in [0, 0.1) is 11.3 Å². The highest BCUT2D eigenvalue weighted by atomic mass is 19.4. The minimum Gasteiger partial charge on any atom is -0.495 e. The van der Waals surface area contributed by atoms with Gasteiger partial charge in [0.25, 0.3) is 0 Å². The van der Waals surface area contributed by atoms with E-state index in [1.54, 1.807) is 6.07 Å². The van der Waals surface area contributed by atoms with Crippen LogP contribution in [0.5, 0.6) is 11.5 Å². The summed E-state index contributed by atoms with van der Waals surface area (Å²) < 4.78 is 46.8. The fourth-order valence-corrected chi connectivity index (χ4v) is 1.19. The Labute approximate surface area is 90.0 Å². The average Bonchev–Trinajstić information content (AvgIpc) is 2.25. The second-order valence-corrected chi connectivity index (χ2v) is 2.87. The Bertz CT molecular complexity index is 410. The molecule has 0 aromatic heterocycles. The number of nitriles is 1. The smallest absolute Gasteiger partial charge is 0.416 e. The number of methoxy groups -OCH3 is 2. The van der Waals surface area contributed by atoms with Gasteiger partial charge < -0.3 is 9.47 Å². The predicted octanol–water partition coefficient (Wildman–Crippen LogP) is 2.59. The van der Waals surface area contributed by atoms with Crippen molar-refractivity contribution in [1.82, 2.24) is 0 Å². The number of alkyl halides is 3. The third kappa shape index (κ3) is 2.19. The van der Waals surface area contributed by atoms with Crippen molar-refractivity contribution in [3.05, 3.63) is 23.3 Å². The summed E-state index contributed by atoms with van der Waals surface area (Å²) in [5.41, 5.74) is -0.974. The number of rotatable bonds is 2. The van der Waals surface area contributed by atoms with E-state index in [0.717, 1.165) is 12.1 Å². The van der Waals surface area contributed by atoms with Crippen LogP contribution in [0.3, 0.4) is 0 Å². The van der Waals surface area contributed by atoms with Crippen LogP contribution < -0.4 is 9.47 Å². The monoisotopic (exact) mass is 231 g/mol. The van der Waals surface area contributed by atoms with E-state index in [-0.39, 0.29) is 17.1 Å². The van der Waals surface area contributed by atoms with Crippen molar-refractivity contribution < 1.29 is 22.6 Å². The van der Waals surface area contributed by atoms with Crippen LogP contribution in [0.15, 0.2) is 12.1 Å². The number of hydrogen-bond acceptors (Lipinski definition) is 3. The zero-order valence-electron chi connectivity index (χ0n) is 8.55. The van der Waals surface area contributed by atoms with E-state index in [1.165, 1.54) is 14.2 Å². The lowest BCUT2D eigenvalue weighted by atomic mass is 10.1. The molecule has 86 valence electrons. The zero-order valence-corrected chi connectivity index (χ0v) is 8.55. The van der Waals surface area contributed by atoms with E-state index in [0.29, 0.717) is 0 Å². The lowest BCUT2D eigenvalue weighted by Crippen LogP contribution is -2.06. The number of nitrogens with zero attached hydrogens (tertiary/aromatic N) is 1. The van der Waals surface area contributed by atoms with Crippen molar-refractivity contribution in [2.24, 2.45) is 0 Å². The van der Waals surface area contributed by atoms with Gasteiger partial charge in [0.1, 0.15) is 23.1 Å². The van der Waals surface area contributed by atoms with Gasteiger partial charge in [-0.05, 0) is 12.1 Å². The summed E-state index contributed by atoms with van der Waals surface area (Å²) in [7, 11) is 2.38. The Hall–Kier alpha value is -1.90. The fourth-order valence-electron chi connectivity index (χ4n) is 1.19. The predicted molar refractivity (Wildman–Crippen MR) is 49.3 cm³/mol. The van der Waals surface area contributed by atoms with Gasteiger partial charge in [0, 0.05) is 0 Å². The molecular formula is C10H8F3NO2. The molecule has 0 amide bonds. The van der Waals surface area contributed by atoms with Gasteiger partial charge in [0.15, 0.2) is 0 Å². The Morgan fingerprint density at radius 3 is 1.81 bits per heavy atom. The molecule has 1 aromatic carbocycles. The third-order valence-electron chi connectivity index (χ3n) is 1.94. The highest BCUT2D eigenvalue weighted by Crippen LogP contribution is 2.37. The Morgan fingerprint density at radius 2 is 1.56 bits per heavy atom. The second kappa shape index (κ2) is 4.31. The summed E-state index contributed by atoms with van der Waals surface area (Å²) in [5.74, 6) is -0.316. The maximum absolute atomic E-state index is 12.5. The molecule has 0 saturated carbocycles. The summed E-state index contributed by atoms with van der Waals surface area (Å²) in [6.45, 7) is 0. The lowest BCUT2D eigenvalue weighted by Gasteiger charge is -2.12. The summed E-state index contributed by atoms with van der Waals surface area (Å²) in [6, 6.07) is 3.26. The molecule has 0 spiro atoms. The zero-order chi connectivity index (χ0) is 12.3. The van der Waals surface area contributed by atoms with Crippen LogP contribution in [-0.2, 0) is 6.18 Å². The Morgan fingerprint density at radius 1 is 1.12 bits per heavy atom. The van der Waals surface area contributed by atoms with Crippen molar-refractivity contribution in [3.63, 3.8) is 0 Å². The quantitative estimate of drug-likeness (QED) is 0.785. The second-order valence-electron chi connectivity index (χ2n) is 2.87. The molecule has 0 N–H and O–H groups in total. The fraction of sp³-hybridized carbons (Fsp3) is 0.300. The molecular weight excluding hydrogens is 223 g/mol. The summed E-state index contributed by atoms with van der Waals surface area (Å²) in [6.07, 6.45) is -4.51. The molecule has 0 heterocycles. The first-order chi connectivity index (χ1) is 7.43. The van der Waals surface area contributed by atoms with Crippen molar-refractivity contribution in [1.29, 1.82) is 5.26 Å². The van der Waals surface area contributed by atoms with Crippen LogP contribution in [0.25, 0.3) is 0 Å². The highest BCUT2D eigenvalue weighted by molar-refractivity contribution is 5.55. The molecule has 0 atom stereocenters. The number of hydrogen-bond donors (Lipinski definition) is 0. The molecule has 16 heavy (non-hydrogen) atoms. The SMILES string of the molecule is COc1cc(C(F)(F)F)cc(OC)c1C#N. The van der Waals surface area contributed by atoms with Gasteiger partial charge in [-0.25, -0.2) is 0 Å². The van der Waals surface area contributed by atoms with Gasteiger partial charge in [-0.2, -0.15) is 18.4 Å². The first-order valence-electron chi connectivity index (χ1n) is 4.17. The van der Waals surface area contributed by atoms with E-state index in [2.05, 4.69) is 0 Å². The highest BCUT2D eigenvalue weighted by Gasteiger charge is 2.32. The topological polar surface area (TPSA) is 42.2 Å². The van der Waals surface area contributed by atoms with Crippen LogP contribution >= 0.6 is 0 Å². The van der Waals surface area contributed by atoms with Crippen LogP contribution in [0.4, 0.5) is 13.2 Å². The molecule has 0 saturated heterocycles. The molecule has 3 nitrogen and oxygen atoms in total. The van der Waals surface area contributed by atoms with Gasteiger partial charge in [0.2, 0.25) is 0 Å². The van der Waals surface area contributed by atoms with Crippen molar-refractivity contribution >= 4 is 0 Å². The average molecular weight is 231 g/mol. The molecule has 6 heteroatoms. The number of benzene rings is 1. The van der Waals surface area contributed by atoms with E-state index in [9.17, 15) is 13.2 Å². The lowest BCUT2D eigenvalue weighted by molar-refractivity contribution is -0.137. The van der Waals surface area contributed by atoms with E-state index < -0.39 is 11.7 Å². The third-order valence-corrected chi connectivity index (χ3v) is 1.94. The molecule has 0 aliphatic heterocycles. The summed E-state index contributed by atoms with van der Waals surface area (Å²) in [5, 5.41) is 8.76. The molecule has 0 fully saturated rings. The van der Waals surface area contributed by atoms with Gasteiger partial charge in [-0.1, -0.05) is 0 Å². The van der Waals surface area contributed by atoms with Crippen molar-refractivity contribution in [3.8, 4) is 17.6 Å². The number of halogens is 3. The normalized spacial score (nSPS) is 10.8.